The number of ether oxygens (including phenoxy) is 2. The molecule has 1 aliphatic heterocycles. The number of carbonyl (C=O) groups excluding carboxylic acids is 1. The molecule has 5 heteroatoms. The van der Waals surface area contributed by atoms with E-state index >= 15 is 0 Å². The fraction of sp³-hybridized carbons (Fsp3) is 0.190. The molecule has 2 aromatic rings. The zero-order valence-electron chi connectivity index (χ0n) is 14.8. The average molecular weight is 348 g/mol. The maximum Gasteiger partial charge on any atom is 0.226 e. The standard InChI is InChI=1S/C21H20N2O3/c1-3-15-7-9-17(10-8-15)26-21-18(6-4-5-11-23-21)19-13-22-12-16(14-24)20(19)25-2/h5-14H,3-4H2,1-2H3. The van der Waals surface area contributed by atoms with E-state index < -0.39 is 0 Å². The molecule has 2 heterocycles. The number of methoxy groups -OCH3 is 1. The summed E-state index contributed by atoms with van der Waals surface area (Å²) in [6.45, 7) is 2.11. The Labute approximate surface area is 152 Å². The largest absolute Gasteiger partial charge is 0.495 e. The predicted octanol–water partition coefficient (Wildman–Crippen LogP) is 4.24. The van der Waals surface area contributed by atoms with Crippen molar-refractivity contribution < 1.29 is 14.3 Å². The summed E-state index contributed by atoms with van der Waals surface area (Å²) in [4.78, 5) is 19.9. The minimum absolute atomic E-state index is 0.384. The van der Waals surface area contributed by atoms with Gasteiger partial charge >= 0.3 is 0 Å². The Morgan fingerprint density at radius 2 is 2.00 bits per heavy atom. The number of aliphatic imine (C=N–C) groups is 1. The Balaban J connectivity index is 1.99. The van der Waals surface area contributed by atoms with Gasteiger partial charge in [0.15, 0.2) is 6.29 Å². The number of carbonyl (C=O) groups is 1. The molecular formula is C21H20N2O3. The van der Waals surface area contributed by atoms with Gasteiger partial charge in [0.2, 0.25) is 5.90 Å². The van der Waals surface area contributed by atoms with Crippen molar-refractivity contribution in [1.29, 1.82) is 0 Å². The van der Waals surface area contributed by atoms with Crippen LogP contribution in [0.3, 0.4) is 0 Å². The smallest absolute Gasteiger partial charge is 0.226 e. The maximum atomic E-state index is 11.3. The van der Waals surface area contributed by atoms with Gasteiger partial charge in [-0.15, -0.1) is 0 Å². The van der Waals surface area contributed by atoms with Crippen molar-refractivity contribution >= 4 is 17.8 Å². The third kappa shape index (κ3) is 3.72. The van der Waals surface area contributed by atoms with Crippen molar-refractivity contribution in [2.24, 2.45) is 4.99 Å². The van der Waals surface area contributed by atoms with E-state index in [-0.39, 0.29) is 0 Å². The van der Waals surface area contributed by atoms with Gasteiger partial charge in [-0.1, -0.05) is 31.2 Å². The Morgan fingerprint density at radius 1 is 1.19 bits per heavy atom. The molecule has 26 heavy (non-hydrogen) atoms. The maximum absolute atomic E-state index is 11.3. The van der Waals surface area contributed by atoms with Crippen LogP contribution in [0.5, 0.6) is 11.5 Å². The first-order chi connectivity index (χ1) is 12.8. The molecule has 1 aromatic heterocycles. The van der Waals surface area contributed by atoms with Crippen LogP contribution in [0.4, 0.5) is 0 Å². The Hall–Kier alpha value is -3.21. The highest BCUT2D eigenvalue weighted by Gasteiger charge is 2.20. The lowest BCUT2D eigenvalue weighted by Gasteiger charge is -2.15. The second-order valence-corrected chi connectivity index (χ2v) is 5.70. The van der Waals surface area contributed by atoms with Gasteiger partial charge in [0, 0.05) is 29.7 Å². The van der Waals surface area contributed by atoms with Gasteiger partial charge in [0.05, 0.1) is 12.7 Å². The first-order valence-electron chi connectivity index (χ1n) is 8.44. The summed E-state index contributed by atoms with van der Waals surface area (Å²) in [6.07, 6.45) is 11.1. The predicted molar refractivity (Wildman–Crippen MR) is 102 cm³/mol. The van der Waals surface area contributed by atoms with E-state index in [9.17, 15) is 4.79 Å². The lowest BCUT2D eigenvalue weighted by Crippen LogP contribution is -2.12. The summed E-state index contributed by atoms with van der Waals surface area (Å²) < 4.78 is 11.5. The van der Waals surface area contributed by atoms with Crippen LogP contribution in [-0.4, -0.2) is 24.3 Å². The Bertz CT molecular complexity index is 881. The Kier molecular flexibility index (Phi) is 5.59. The van der Waals surface area contributed by atoms with Crippen LogP contribution < -0.4 is 9.47 Å². The third-order valence-electron chi connectivity index (χ3n) is 4.08. The number of aryl methyl sites for hydroxylation is 1. The van der Waals surface area contributed by atoms with Crippen molar-refractivity contribution in [1.82, 2.24) is 4.98 Å². The molecule has 0 amide bonds. The second-order valence-electron chi connectivity index (χ2n) is 5.70. The van der Waals surface area contributed by atoms with E-state index in [1.165, 1.54) is 18.9 Å². The summed E-state index contributed by atoms with van der Waals surface area (Å²) in [6, 6.07) is 7.90. The monoisotopic (exact) mass is 348 g/mol. The first kappa shape index (κ1) is 17.6. The van der Waals surface area contributed by atoms with E-state index in [1.807, 2.05) is 36.4 Å². The fourth-order valence-electron chi connectivity index (χ4n) is 2.70. The SMILES string of the molecule is CCc1ccc(OC2=NC=CCC=C2c2cncc(C=O)c2OC)cc1. The molecule has 0 radical (unpaired) electrons. The number of aldehydes is 1. The van der Waals surface area contributed by atoms with E-state index in [4.69, 9.17) is 9.47 Å². The van der Waals surface area contributed by atoms with Crippen LogP contribution in [0.25, 0.3) is 5.57 Å². The molecule has 1 aliphatic rings. The lowest BCUT2D eigenvalue weighted by molar-refractivity contribution is 0.112. The molecular weight excluding hydrogens is 328 g/mol. The van der Waals surface area contributed by atoms with Gasteiger partial charge in [0.25, 0.3) is 0 Å². The summed E-state index contributed by atoms with van der Waals surface area (Å²) in [7, 11) is 1.53. The highest BCUT2D eigenvalue weighted by Crippen LogP contribution is 2.31. The van der Waals surface area contributed by atoms with E-state index in [2.05, 4.69) is 16.9 Å². The molecule has 3 rings (SSSR count). The number of nitrogens with zero attached hydrogens (tertiary/aromatic N) is 2. The number of hydrogen-bond acceptors (Lipinski definition) is 5. The van der Waals surface area contributed by atoms with Crippen LogP contribution in [0, 0.1) is 0 Å². The third-order valence-corrected chi connectivity index (χ3v) is 4.08. The highest BCUT2D eigenvalue weighted by atomic mass is 16.5. The second kappa shape index (κ2) is 8.25. The van der Waals surface area contributed by atoms with Crippen LogP contribution in [0.1, 0.15) is 34.8 Å². The molecule has 0 saturated heterocycles. The fourth-order valence-corrected chi connectivity index (χ4v) is 2.70. The van der Waals surface area contributed by atoms with E-state index in [1.54, 1.807) is 12.4 Å². The number of rotatable bonds is 5. The average Bonchev–Trinajstić information content (AvgIpc) is 2.93. The zero-order valence-corrected chi connectivity index (χ0v) is 14.8. The van der Waals surface area contributed by atoms with Crippen LogP contribution in [0.2, 0.25) is 0 Å². The topological polar surface area (TPSA) is 60.8 Å². The lowest BCUT2D eigenvalue weighted by atomic mass is 10.0. The molecule has 0 fully saturated rings. The summed E-state index contributed by atoms with van der Waals surface area (Å²) in [5, 5.41) is 0. The number of hydrogen-bond donors (Lipinski definition) is 0. The van der Waals surface area contributed by atoms with Crippen molar-refractivity contribution in [2.75, 3.05) is 7.11 Å². The highest BCUT2D eigenvalue weighted by molar-refractivity contribution is 6.21. The molecule has 0 unspecified atom stereocenters. The van der Waals surface area contributed by atoms with Gasteiger partial charge in [-0.25, -0.2) is 4.99 Å². The molecule has 0 spiro atoms. The quantitative estimate of drug-likeness (QED) is 0.758. The summed E-state index contributed by atoms with van der Waals surface area (Å²) >= 11 is 0. The molecule has 0 atom stereocenters. The molecule has 0 saturated carbocycles. The van der Waals surface area contributed by atoms with Gasteiger partial charge in [-0.3, -0.25) is 9.78 Å². The van der Waals surface area contributed by atoms with Gasteiger partial charge < -0.3 is 9.47 Å². The van der Waals surface area contributed by atoms with E-state index in [0.717, 1.165) is 18.3 Å². The minimum atomic E-state index is 0.384. The number of aromatic nitrogens is 1. The van der Waals surface area contributed by atoms with Gasteiger partial charge in [-0.05, 0) is 30.5 Å². The van der Waals surface area contributed by atoms with Crippen molar-refractivity contribution in [2.45, 2.75) is 19.8 Å². The van der Waals surface area contributed by atoms with Gasteiger partial charge in [-0.2, -0.15) is 0 Å². The molecule has 0 aliphatic carbocycles. The molecule has 0 N–H and O–H groups in total. The molecule has 5 nitrogen and oxygen atoms in total. The first-order valence-corrected chi connectivity index (χ1v) is 8.44. The summed E-state index contributed by atoms with van der Waals surface area (Å²) in [5.74, 6) is 1.59. The molecule has 1 aromatic carbocycles. The van der Waals surface area contributed by atoms with Crippen LogP contribution >= 0.6 is 0 Å². The number of benzene rings is 1. The number of pyridine rings is 1. The van der Waals surface area contributed by atoms with Crippen molar-refractivity contribution in [3.8, 4) is 11.5 Å². The van der Waals surface area contributed by atoms with Crippen LogP contribution in [0.15, 0.2) is 60.0 Å². The normalized spacial score (nSPS) is 13.5. The van der Waals surface area contributed by atoms with E-state index in [0.29, 0.717) is 34.9 Å². The summed E-state index contributed by atoms with van der Waals surface area (Å²) in [5.41, 5.74) is 3.03. The van der Waals surface area contributed by atoms with Crippen molar-refractivity contribution in [3.05, 3.63) is 71.7 Å². The Morgan fingerprint density at radius 3 is 2.69 bits per heavy atom. The zero-order chi connectivity index (χ0) is 18.4. The number of allylic oxidation sites excluding steroid dienone is 2. The molecule has 132 valence electrons. The van der Waals surface area contributed by atoms with Crippen molar-refractivity contribution in [3.63, 3.8) is 0 Å². The van der Waals surface area contributed by atoms with Gasteiger partial charge in [0.1, 0.15) is 11.5 Å². The minimum Gasteiger partial charge on any atom is -0.495 e. The van der Waals surface area contributed by atoms with Crippen LogP contribution in [-0.2, 0) is 6.42 Å². The molecule has 0 bridgehead atoms.